The molecule has 0 fully saturated rings. The van der Waals surface area contributed by atoms with E-state index in [4.69, 9.17) is 9.47 Å². The van der Waals surface area contributed by atoms with Gasteiger partial charge in [0.25, 0.3) is 5.91 Å². The minimum absolute atomic E-state index is 0.0633. The molecular weight excluding hydrogens is 334 g/mol. The zero-order chi connectivity index (χ0) is 15.4. The van der Waals surface area contributed by atoms with Gasteiger partial charge in [0.05, 0.1) is 13.7 Å². The van der Waals surface area contributed by atoms with E-state index in [2.05, 4.69) is 21.7 Å². The molecule has 5 heteroatoms. The van der Waals surface area contributed by atoms with Gasteiger partial charge in [-0.15, -0.1) is 5.73 Å². The first-order chi connectivity index (χ1) is 10.0. The number of hydrogen-bond acceptors (Lipinski definition) is 3. The van der Waals surface area contributed by atoms with Crippen LogP contribution in [0.2, 0.25) is 0 Å². The fraction of sp³-hybridized carbons (Fsp3) is 0.375. The third-order valence-corrected chi connectivity index (χ3v) is 3.54. The van der Waals surface area contributed by atoms with Crippen molar-refractivity contribution < 1.29 is 14.3 Å². The summed E-state index contributed by atoms with van der Waals surface area (Å²) in [6.07, 6.45) is 1.48. The van der Waals surface area contributed by atoms with E-state index >= 15 is 0 Å². The maximum Gasteiger partial charge on any atom is 0.254 e. The van der Waals surface area contributed by atoms with Crippen molar-refractivity contribution >= 4 is 21.8 Å². The summed E-state index contributed by atoms with van der Waals surface area (Å²) < 4.78 is 12.0. The molecule has 21 heavy (non-hydrogen) atoms. The smallest absolute Gasteiger partial charge is 0.254 e. The summed E-state index contributed by atoms with van der Waals surface area (Å²) in [7, 11) is 1.61. The Balaban J connectivity index is 2.31. The Hall–Kier alpha value is -1.71. The van der Waals surface area contributed by atoms with Gasteiger partial charge in [0.1, 0.15) is 6.61 Å². The fourth-order valence-electron chi connectivity index (χ4n) is 2.08. The van der Waals surface area contributed by atoms with Crippen LogP contribution in [0, 0.1) is 0 Å². The average Bonchev–Trinajstić information content (AvgIpc) is 2.65. The number of halogens is 1. The number of rotatable bonds is 2. The predicted octanol–water partition coefficient (Wildman–Crippen LogP) is 3.30. The average molecular weight is 352 g/mol. The number of hydrogen-bond donors (Lipinski definition) is 0. The minimum Gasteiger partial charge on any atom is -0.493 e. The summed E-state index contributed by atoms with van der Waals surface area (Å²) in [6, 6.07) is 3.81. The van der Waals surface area contributed by atoms with Crippen LogP contribution < -0.4 is 9.47 Å². The Morgan fingerprint density at radius 3 is 2.90 bits per heavy atom. The lowest BCUT2D eigenvalue weighted by Gasteiger charge is -2.17. The van der Waals surface area contributed by atoms with E-state index in [0.717, 1.165) is 15.6 Å². The molecule has 0 N–H and O–H groups in total. The Morgan fingerprint density at radius 2 is 2.24 bits per heavy atom. The second kappa shape index (κ2) is 6.83. The number of fused-ring (bicyclic) bond motifs is 1. The maximum absolute atomic E-state index is 12.2. The molecule has 0 aromatic heterocycles. The summed E-state index contributed by atoms with van der Waals surface area (Å²) in [5, 5.41) is 0. The van der Waals surface area contributed by atoms with Gasteiger partial charge in [-0.25, -0.2) is 0 Å². The number of nitrogens with zero attached hydrogens (tertiary/aromatic N) is 1. The molecule has 1 heterocycles. The fourth-order valence-corrected chi connectivity index (χ4v) is 2.57. The zero-order valence-corrected chi connectivity index (χ0v) is 14.0. The SMILES string of the molecule is COc1cc(Br)cc2c1OCCN(C(=O)C=C=C(C)C)C2. The number of methoxy groups -OCH3 is 1. The second-order valence-electron chi connectivity index (χ2n) is 4.99. The molecule has 0 atom stereocenters. The Labute approximate surface area is 133 Å². The minimum atomic E-state index is -0.0633. The van der Waals surface area contributed by atoms with E-state index in [1.165, 1.54) is 6.08 Å². The number of amides is 1. The van der Waals surface area contributed by atoms with Gasteiger partial charge < -0.3 is 14.4 Å². The summed E-state index contributed by atoms with van der Waals surface area (Å²) in [5.74, 6) is 1.32. The highest BCUT2D eigenvalue weighted by Gasteiger charge is 2.21. The van der Waals surface area contributed by atoms with Crippen LogP contribution in [0.25, 0.3) is 0 Å². The molecule has 0 saturated carbocycles. The van der Waals surface area contributed by atoms with E-state index in [1.54, 1.807) is 12.0 Å². The third kappa shape index (κ3) is 3.90. The number of carbonyl (C=O) groups is 1. The first-order valence-corrected chi connectivity index (χ1v) is 7.48. The number of benzene rings is 1. The molecule has 0 unspecified atom stereocenters. The van der Waals surface area contributed by atoms with Gasteiger partial charge in [0, 0.05) is 22.7 Å². The van der Waals surface area contributed by atoms with Gasteiger partial charge in [0.15, 0.2) is 11.5 Å². The van der Waals surface area contributed by atoms with Crippen LogP contribution in [0.3, 0.4) is 0 Å². The van der Waals surface area contributed by atoms with Gasteiger partial charge >= 0.3 is 0 Å². The molecule has 1 aromatic carbocycles. The highest BCUT2D eigenvalue weighted by atomic mass is 79.9. The highest BCUT2D eigenvalue weighted by Crippen LogP contribution is 2.36. The van der Waals surface area contributed by atoms with Crippen molar-refractivity contribution in [3.05, 3.63) is 39.5 Å². The topological polar surface area (TPSA) is 38.8 Å². The lowest BCUT2D eigenvalue weighted by atomic mass is 10.1. The van der Waals surface area contributed by atoms with Crippen LogP contribution in [0.1, 0.15) is 19.4 Å². The first kappa shape index (κ1) is 15.7. The van der Waals surface area contributed by atoms with Crippen LogP contribution in [-0.2, 0) is 11.3 Å². The van der Waals surface area contributed by atoms with E-state index in [-0.39, 0.29) is 5.91 Å². The van der Waals surface area contributed by atoms with Crippen LogP contribution >= 0.6 is 15.9 Å². The van der Waals surface area contributed by atoms with Crippen LogP contribution in [0.5, 0.6) is 11.5 Å². The van der Waals surface area contributed by atoms with Gasteiger partial charge in [-0.3, -0.25) is 4.79 Å². The van der Waals surface area contributed by atoms with E-state index < -0.39 is 0 Å². The van der Waals surface area contributed by atoms with Crippen molar-refractivity contribution in [1.82, 2.24) is 4.90 Å². The zero-order valence-electron chi connectivity index (χ0n) is 12.4. The van der Waals surface area contributed by atoms with E-state index in [0.29, 0.717) is 31.2 Å². The molecule has 0 radical (unpaired) electrons. The quantitative estimate of drug-likeness (QED) is 0.606. The van der Waals surface area contributed by atoms with Crippen LogP contribution in [0.15, 0.2) is 34.0 Å². The molecule has 112 valence electrons. The van der Waals surface area contributed by atoms with Crippen molar-refractivity contribution in [2.45, 2.75) is 20.4 Å². The summed E-state index contributed by atoms with van der Waals surface area (Å²) in [6.45, 7) is 5.29. The lowest BCUT2D eigenvalue weighted by molar-refractivity contribution is -0.126. The van der Waals surface area contributed by atoms with Crippen molar-refractivity contribution in [3.63, 3.8) is 0 Å². The summed E-state index contributed by atoms with van der Waals surface area (Å²) in [5.41, 5.74) is 4.85. The maximum atomic E-state index is 12.2. The molecule has 0 spiro atoms. The van der Waals surface area contributed by atoms with E-state index in [9.17, 15) is 4.79 Å². The summed E-state index contributed by atoms with van der Waals surface area (Å²) >= 11 is 3.45. The van der Waals surface area contributed by atoms with Gasteiger partial charge in [-0.2, -0.15) is 0 Å². The third-order valence-electron chi connectivity index (χ3n) is 3.08. The number of carbonyl (C=O) groups excluding carboxylic acids is 1. The molecular formula is C16H18BrNO3. The second-order valence-corrected chi connectivity index (χ2v) is 5.91. The monoisotopic (exact) mass is 351 g/mol. The molecule has 1 amide bonds. The molecule has 0 saturated heterocycles. The molecule has 0 bridgehead atoms. The molecule has 0 aliphatic carbocycles. The van der Waals surface area contributed by atoms with Crippen molar-refractivity contribution in [2.75, 3.05) is 20.3 Å². The molecule has 1 aliphatic heterocycles. The van der Waals surface area contributed by atoms with Crippen molar-refractivity contribution in [3.8, 4) is 11.5 Å². The van der Waals surface area contributed by atoms with Gasteiger partial charge in [0.2, 0.25) is 0 Å². The Morgan fingerprint density at radius 1 is 1.48 bits per heavy atom. The standard InChI is InChI=1S/C16H18BrNO3/c1-11(2)4-5-15(19)18-6-7-21-16-12(10-18)8-13(17)9-14(16)20-3/h5,8-9H,6-7,10H2,1-3H3. The number of ether oxygens (including phenoxy) is 2. The van der Waals surface area contributed by atoms with E-state index in [1.807, 2.05) is 26.0 Å². The predicted molar refractivity (Wildman–Crippen MR) is 84.6 cm³/mol. The molecule has 1 aromatic rings. The summed E-state index contributed by atoms with van der Waals surface area (Å²) in [4.78, 5) is 13.9. The largest absolute Gasteiger partial charge is 0.493 e. The normalized spacial score (nSPS) is 13.4. The van der Waals surface area contributed by atoms with Crippen molar-refractivity contribution in [2.24, 2.45) is 0 Å². The highest BCUT2D eigenvalue weighted by molar-refractivity contribution is 9.10. The van der Waals surface area contributed by atoms with Crippen molar-refractivity contribution in [1.29, 1.82) is 0 Å². The lowest BCUT2D eigenvalue weighted by Crippen LogP contribution is -2.30. The molecule has 4 nitrogen and oxygen atoms in total. The molecule has 1 aliphatic rings. The Bertz CT molecular complexity index is 614. The van der Waals surface area contributed by atoms with Gasteiger partial charge in [-0.1, -0.05) is 15.9 Å². The Kier molecular flexibility index (Phi) is 5.10. The van der Waals surface area contributed by atoms with Crippen LogP contribution in [-0.4, -0.2) is 31.1 Å². The first-order valence-electron chi connectivity index (χ1n) is 6.69. The molecule has 2 rings (SSSR count). The van der Waals surface area contributed by atoms with Crippen LogP contribution in [0.4, 0.5) is 0 Å². The van der Waals surface area contributed by atoms with Gasteiger partial charge in [-0.05, 0) is 31.6 Å².